The van der Waals surface area contributed by atoms with Crippen LogP contribution in [0.1, 0.15) is 19.3 Å². The van der Waals surface area contributed by atoms with Crippen LogP contribution < -0.4 is 0 Å². The molecular formula is C5H7O2. The van der Waals surface area contributed by atoms with E-state index in [0.29, 0.717) is 19.1 Å². The predicted octanol–water partition coefficient (Wildman–Crippen LogP) is 0.538. The molecule has 0 atom stereocenters. The van der Waals surface area contributed by atoms with E-state index in [4.69, 9.17) is 0 Å². The van der Waals surface area contributed by atoms with Crippen LogP contribution in [0.25, 0.3) is 0 Å². The largest absolute Gasteiger partial charge is 0.300 e. The molecule has 0 N–H and O–H groups in total. The Labute approximate surface area is 42.1 Å². The van der Waals surface area contributed by atoms with Crippen molar-refractivity contribution >= 4 is 6.29 Å². The fourth-order valence-corrected chi connectivity index (χ4v) is 0.643. The molecule has 0 aliphatic heterocycles. The van der Waals surface area contributed by atoms with Crippen LogP contribution in [0.4, 0.5) is 0 Å². The Morgan fingerprint density at radius 3 is 2.00 bits per heavy atom. The highest BCUT2D eigenvalue weighted by Gasteiger charge is 2.35. The lowest BCUT2D eigenvalue weighted by molar-refractivity contribution is -0.143. The van der Waals surface area contributed by atoms with Gasteiger partial charge in [-0.15, -0.1) is 0 Å². The van der Waals surface area contributed by atoms with Crippen molar-refractivity contribution < 1.29 is 9.90 Å². The summed E-state index contributed by atoms with van der Waals surface area (Å²) < 4.78 is 0. The van der Waals surface area contributed by atoms with Crippen LogP contribution in [0, 0.1) is 0 Å². The minimum absolute atomic E-state index is 0.524. The van der Waals surface area contributed by atoms with Gasteiger partial charge in [-0.25, -0.2) is 5.11 Å². The summed E-state index contributed by atoms with van der Waals surface area (Å²) in [5, 5.41) is 10.6. The lowest BCUT2D eigenvalue weighted by Crippen LogP contribution is -2.36. The summed E-state index contributed by atoms with van der Waals surface area (Å²) >= 11 is 0. The molecule has 0 bridgehead atoms. The zero-order valence-corrected chi connectivity index (χ0v) is 4.02. The Hall–Kier alpha value is -0.370. The average Bonchev–Trinajstić information content (AvgIpc) is 1.61. The summed E-state index contributed by atoms with van der Waals surface area (Å²) in [4.78, 5) is 9.80. The van der Waals surface area contributed by atoms with E-state index >= 15 is 0 Å². The Bertz CT molecular complexity index is 84.1. The second kappa shape index (κ2) is 1.30. The molecule has 0 aromatic carbocycles. The monoisotopic (exact) mass is 99.0 g/mol. The number of hydrogen-bond donors (Lipinski definition) is 0. The van der Waals surface area contributed by atoms with Crippen molar-refractivity contribution in [2.75, 3.05) is 0 Å². The van der Waals surface area contributed by atoms with Gasteiger partial charge in [-0.05, 0) is 19.3 Å². The van der Waals surface area contributed by atoms with Crippen molar-refractivity contribution in [3.05, 3.63) is 0 Å². The number of rotatable bonds is 1. The number of carbonyl (C=O) groups is 1. The normalized spacial score (nSPS) is 25.9. The van der Waals surface area contributed by atoms with Crippen molar-refractivity contribution in [1.82, 2.24) is 0 Å². The molecule has 1 saturated carbocycles. The number of carbonyl (C=O) groups excluding carboxylic acids is 1. The Kier molecular flexibility index (Phi) is 0.889. The fourth-order valence-electron chi connectivity index (χ4n) is 0.643. The van der Waals surface area contributed by atoms with E-state index in [1.54, 1.807) is 0 Å². The summed E-state index contributed by atoms with van der Waals surface area (Å²) in [5.74, 6) is 0. The third-order valence-corrected chi connectivity index (χ3v) is 1.41. The van der Waals surface area contributed by atoms with Gasteiger partial charge in [0.25, 0.3) is 0 Å². The molecule has 1 aliphatic carbocycles. The van der Waals surface area contributed by atoms with Crippen LogP contribution in [-0.4, -0.2) is 11.9 Å². The van der Waals surface area contributed by atoms with Crippen LogP contribution in [0.15, 0.2) is 0 Å². The summed E-state index contributed by atoms with van der Waals surface area (Å²) in [6, 6.07) is 0. The van der Waals surface area contributed by atoms with E-state index in [-0.39, 0.29) is 0 Å². The molecule has 2 nitrogen and oxygen atoms in total. The molecule has 7 heavy (non-hydrogen) atoms. The highest BCUT2D eigenvalue weighted by Crippen LogP contribution is 2.29. The molecule has 1 fully saturated rings. The first kappa shape index (κ1) is 4.78. The van der Waals surface area contributed by atoms with E-state index in [1.165, 1.54) is 0 Å². The molecule has 0 amide bonds. The van der Waals surface area contributed by atoms with Gasteiger partial charge in [0.1, 0.15) is 0 Å². The topological polar surface area (TPSA) is 37.0 Å². The fraction of sp³-hybridized carbons (Fsp3) is 0.800. The number of aldehydes is 1. The molecule has 1 radical (unpaired) electrons. The van der Waals surface area contributed by atoms with Crippen LogP contribution in [-0.2, 0) is 9.90 Å². The molecule has 1 aliphatic rings. The van der Waals surface area contributed by atoms with Crippen LogP contribution in [0.2, 0.25) is 0 Å². The first-order valence-corrected chi connectivity index (χ1v) is 2.44. The zero-order valence-electron chi connectivity index (χ0n) is 4.02. The Morgan fingerprint density at radius 1 is 1.43 bits per heavy atom. The molecular weight excluding hydrogens is 92.1 g/mol. The SMILES string of the molecule is [O]C1(C=O)CCC1. The molecule has 39 valence electrons. The van der Waals surface area contributed by atoms with Crippen LogP contribution in [0.3, 0.4) is 0 Å². The maximum atomic E-state index is 10.6. The maximum Gasteiger partial charge on any atom is 0.158 e. The third kappa shape index (κ3) is 0.657. The Morgan fingerprint density at radius 2 is 2.00 bits per heavy atom. The van der Waals surface area contributed by atoms with Crippen molar-refractivity contribution in [2.45, 2.75) is 24.9 Å². The minimum atomic E-state index is -1.17. The van der Waals surface area contributed by atoms with Gasteiger partial charge in [-0.1, -0.05) is 0 Å². The highest BCUT2D eigenvalue weighted by molar-refractivity contribution is 5.63. The van der Waals surface area contributed by atoms with Gasteiger partial charge in [-0.3, -0.25) is 0 Å². The minimum Gasteiger partial charge on any atom is -0.300 e. The lowest BCUT2D eigenvalue weighted by Gasteiger charge is -2.27. The molecule has 1 rings (SSSR count). The van der Waals surface area contributed by atoms with E-state index < -0.39 is 5.60 Å². The highest BCUT2D eigenvalue weighted by atomic mass is 16.3. The van der Waals surface area contributed by atoms with Gasteiger partial charge in [0.2, 0.25) is 0 Å². The zero-order chi connectivity index (χ0) is 5.33. The van der Waals surface area contributed by atoms with E-state index in [9.17, 15) is 9.90 Å². The standard InChI is InChI=1S/C5H7O2/c6-4-5(7)2-1-3-5/h4H,1-3H2. The molecule has 2 heteroatoms. The predicted molar refractivity (Wildman–Crippen MR) is 23.3 cm³/mol. The van der Waals surface area contributed by atoms with E-state index in [1.807, 2.05) is 0 Å². The van der Waals surface area contributed by atoms with E-state index in [0.717, 1.165) is 6.42 Å². The summed E-state index contributed by atoms with van der Waals surface area (Å²) in [5.41, 5.74) is -1.17. The van der Waals surface area contributed by atoms with Gasteiger partial charge in [0.05, 0.1) is 0 Å². The van der Waals surface area contributed by atoms with Crippen LogP contribution in [0.5, 0.6) is 0 Å². The maximum absolute atomic E-state index is 10.6. The summed E-state index contributed by atoms with van der Waals surface area (Å²) in [7, 11) is 0. The third-order valence-electron chi connectivity index (χ3n) is 1.41. The second-order valence-electron chi connectivity index (χ2n) is 2.04. The van der Waals surface area contributed by atoms with Crippen molar-refractivity contribution in [1.29, 1.82) is 0 Å². The molecule has 0 aromatic heterocycles. The molecule has 0 unspecified atom stereocenters. The van der Waals surface area contributed by atoms with Crippen molar-refractivity contribution in [2.24, 2.45) is 0 Å². The van der Waals surface area contributed by atoms with E-state index in [2.05, 4.69) is 0 Å². The second-order valence-corrected chi connectivity index (χ2v) is 2.04. The molecule has 0 heterocycles. The van der Waals surface area contributed by atoms with Crippen molar-refractivity contribution in [3.8, 4) is 0 Å². The molecule has 0 saturated heterocycles. The quantitative estimate of drug-likeness (QED) is 0.442. The van der Waals surface area contributed by atoms with Gasteiger partial charge < -0.3 is 4.79 Å². The van der Waals surface area contributed by atoms with Crippen molar-refractivity contribution in [3.63, 3.8) is 0 Å². The van der Waals surface area contributed by atoms with Crippen LogP contribution >= 0.6 is 0 Å². The van der Waals surface area contributed by atoms with Gasteiger partial charge in [0.15, 0.2) is 11.9 Å². The summed E-state index contributed by atoms with van der Waals surface area (Å²) in [6.45, 7) is 0. The molecule has 0 aromatic rings. The smallest absolute Gasteiger partial charge is 0.158 e. The lowest BCUT2D eigenvalue weighted by atomic mass is 9.82. The number of hydrogen-bond acceptors (Lipinski definition) is 1. The average molecular weight is 99.1 g/mol. The van der Waals surface area contributed by atoms with Gasteiger partial charge in [-0.2, -0.15) is 0 Å². The first-order valence-electron chi connectivity index (χ1n) is 2.44. The molecule has 0 spiro atoms. The van der Waals surface area contributed by atoms with Gasteiger partial charge >= 0.3 is 0 Å². The Balaban J connectivity index is 2.43. The van der Waals surface area contributed by atoms with Gasteiger partial charge in [0, 0.05) is 0 Å². The summed E-state index contributed by atoms with van der Waals surface area (Å²) in [6.07, 6.45) is 2.56. The first-order chi connectivity index (χ1) is 3.27.